The van der Waals surface area contributed by atoms with Crippen LogP contribution < -0.4 is 10.2 Å². The second-order valence-corrected chi connectivity index (χ2v) is 9.32. The zero-order valence-corrected chi connectivity index (χ0v) is 20.3. The molecule has 1 aliphatic rings. The number of hydrogen-bond donors (Lipinski definition) is 1. The molecule has 2 unspecified atom stereocenters. The molecular formula is C25H32N4O2S. The largest absolute Gasteiger partial charge is 0.354 e. The predicted molar refractivity (Wildman–Crippen MR) is 132 cm³/mol. The van der Waals surface area contributed by atoms with Gasteiger partial charge in [0.1, 0.15) is 11.2 Å². The number of aryl methyl sites for hydroxylation is 1. The number of anilines is 1. The Bertz CT molecular complexity index is 1060. The first-order valence-corrected chi connectivity index (χ1v) is 11.9. The van der Waals surface area contributed by atoms with Gasteiger partial charge in [0.05, 0.1) is 17.5 Å². The van der Waals surface area contributed by atoms with Gasteiger partial charge in [-0.15, -0.1) is 18.3 Å². The second kappa shape index (κ2) is 9.77. The standard InChI is InChI=1S/C25H32N4O2S/c1-7-13-26-24(31)25(6)16-28-21(15-19(27-28)22(9-3)32-14-8-2)23(30)29(25)20-12-10-11-17(4)18(20)5/h8-12,14-15,22H,3,7,13,16H2,1-2,4-6H3,(H,26,31)/b14-8-. The van der Waals surface area contributed by atoms with E-state index in [0.717, 1.165) is 28.9 Å². The monoisotopic (exact) mass is 452 g/mol. The summed E-state index contributed by atoms with van der Waals surface area (Å²) in [6.07, 6.45) is 4.60. The maximum atomic E-state index is 13.9. The number of carbonyl (C=O) groups excluding carboxylic acids is 2. The molecule has 1 aromatic carbocycles. The number of nitrogens with one attached hydrogen (secondary N) is 1. The molecule has 6 nitrogen and oxygen atoms in total. The molecule has 2 amide bonds. The average molecular weight is 453 g/mol. The van der Waals surface area contributed by atoms with E-state index in [2.05, 4.69) is 11.9 Å². The molecule has 2 aromatic rings. The van der Waals surface area contributed by atoms with Gasteiger partial charge in [0.2, 0.25) is 5.91 Å². The Balaban J connectivity index is 2.14. The van der Waals surface area contributed by atoms with Gasteiger partial charge >= 0.3 is 0 Å². The summed E-state index contributed by atoms with van der Waals surface area (Å²) < 4.78 is 1.68. The summed E-state index contributed by atoms with van der Waals surface area (Å²) in [5.41, 5.74) is 2.93. The van der Waals surface area contributed by atoms with Crippen LogP contribution in [0.15, 0.2) is 48.4 Å². The van der Waals surface area contributed by atoms with Gasteiger partial charge in [0.15, 0.2) is 0 Å². The molecule has 0 fully saturated rings. The van der Waals surface area contributed by atoms with E-state index < -0.39 is 5.54 Å². The van der Waals surface area contributed by atoms with Gasteiger partial charge < -0.3 is 5.32 Å². The van der Waals surface area contributed by atoms with Crippen LogP contribution in [0.1, 0.15) is 59.8 Å². The molecule has 3 rings (SSSR count). The highest BCUT2D eigenvalue weighted by Crippen LogP contribution is 2.37. The number of carbonyl (C=O) groups is 2. The number of aromatic nitrogens is 2. The topological polar surface area (TPSA) is 67.2 Å². The summed E-state index contributed by atoms with van der Waals surface area (Å²) in [4.78, 5) is 28.9. The van der Waals surface area contributed by atoms with Crippen LogP contribution in [0.4, 0.5) is 5.69 Å². The van der Waals surface area contributed by atoms with E-state index in [1.54, 1.807) is 21.3 Å². The predicted octanol–water partition coefficient (Wildman–Crippen LogP) is 4.94. The first-order chi connectivity index (χ1) is 15.3. The van der Waals surface area contributed by atoms with Crippen LogP contribution in [0.3, 0.4) is 0 Å². The van der Waals surface area contributed by atoms with Gasteiger partial charge in [-0.2, -0.15) is 5.10 Å². The number of nitrogens with zero attached hydrogens (tertiary/aromatic N) is 3. The second-order valence-electron chi connectivity index (χ2n) is 8.26. The van der Waals surface area contributed by atoms with Crippen molar-refractivity contribution in [1.29, 1.82) is 0 Å². The fourth-order valence-corrected chi connectivity index (χ4v) is 4.63. The van der Waals surface area contributed by atoms with Crippen LogP contribution in [-0.2, 0) is 11.3 Å². The van der Waals surface area contributed by atoms with Crippen LogP contribution in [0.5, 0.6) is 0 Å². The van der Waals surface area contributed by atoms with Crippen LogP contribution >= 0.6 is 11.8 Å². The number of hydrogen-bond acceptors (Lipinski definition) is 4. The van der Waals surface area contributed by atoms with Crippen molar-refractivity contribution in [3.8, 4) is 0 Å². The molecule has 32 heavy (non-hydrogen) atoms. The molecule has 170 valence electrons. The van der Waals surface area contributed by atoms with E-state index in [1.165, 1.54) is 0 Å². The zero-order chi connectivity index (χ0) is 23.5. The van der Waals surface area contributed by atoms with Gasteiger partial charge in [-0.25, -0.2) is 0 Å². The van der Waals surface area contributed by atoms with Crippen molar-refractivity contribution in [2.24, 2.45) is 0 Å². The fourth-order valence-electron chi connectivity index (χ4n) is 3.93. The fraction of sp³-hybridized carbons (Fsp3) is 0.400. The number of allylic oxidation sites excluding steroid dienone is 1. The molecule has 0 saturated carbocycles. The summed E-state index contributed by atoms with van der Waals surface area (Å²) in [6, 6.07) is 7.67. The molecule has 2 atom stereocenters. The van der Waals surface area contributed by atoms with E-state index >= 15 is 0 Å². The Kier molecular flexibility index (Phi) is 7.29. The molecule has 0 radical (unpaired) electrons. The SMILES string of the molecule is C=CC(S/C=C\C)c1cc2n(n1)CC(C)(C(=O)NCCC)N(c1cccc(C)c1C)C2=O. The van der Waals surface area contributed by atoms with E-state index in [4.69, 9.17) is 5.10 Å². The van der Waals surface area contributed by atoms with Crippen molar-refractivity contribution in [1.82, 2.24) is 15.1 Å². The van der Waals surface area contributed by atoms with Crippen LogP contribution in [0, 0.1) is 13.8 Å². The summed E-state index contributed by atoms with van der Waals surface area (Å²) in [6.45, 7) is 14.5. The zero-order valence-electron chi connectivity index (χ0n) is 19.5. The third-order valence-electron chi connectivity index (χ3n) is 5.88. The van der Waals surface area contributed by atoms with Gasteiger partial charge in [0.25, 0.3) is 5.91 Å². The minimum Gasteiger partial charge on any atom is -0.354 e. The van der Waals surface area contributed by atoms with Crippen molar-refractivity contribution in [3.63, 3.8) is 0 Å². The number of benzene rings is 1. The molecule has 2 heterocycles. The van der Waals surface area contributed by atoms with Gasteiger partial charge in [-0.3, -0.25) is 19.2 Å². The number of fused-ring (bicyclic) bond motifs is 1. The van der Waals surface area contributed by atoms with Crippen molar-refractivity contribution < 1.29 is 9.59 Å². The third-order valence-corrected chi connectivity index (χ3v) is 7.04. The van der Waals surface area contributed by atoms with E-state index in [0.29, 0.717) is 12.2 Å². The lowest BCUT2D eigenvalue weighted by Gasteiger charge is -2.43. The van der Waals surface area contributed by atoms with Gasteiger partial charge in [-0.1, -0.05) is 31.2 Å². The Hall–Kier alpha value is -2.80. The molecule has 0 aliphatic carbocycles. The van der Waals surface area contributed by atoms with Gasteiger partial charge in [-0.05, 0) is 62.8 Å². The van der Waals surface area contributed by atoms with E-state index in [1.807, 2.05) is 76.4 Å². The Morgan fingerprint density at radius 2 is 2.16 bits per heavy atom. The molecule has 1 aliphatic heterocycles. The lowest BCUT2D eigenvalue weighted by Crippen LogP contribution is -2.64. The van der Waals surface area contributed by atoms with Crippen molar-refractivity contribution in [2.75, 3.05) is 11.4 Å². The molecule has 1 aromatic heterocycles. The number of amides is 2. The first kappa shape index (κ1) is 23.9. The normalized spacial score (nSPS) is 19.2. The molecule has 1 N–H and O–H groups in total. The highest BCUT2D eigenvalue weighted by molar-refractivity contribution is 8.02. The van der Waals surface area contributed by atoms with Crippen molar-refractivity contribution in [2.45, 2.75) is 58.4 Å². The smallest absolute Gasteiger partial charge is 0.277 e. The summed E-state index contributed by atoms with van der Waals surface area (Å²) in [5.74, 6) is -0.406. The van der Waals surface area contributed by atoms with Crippen molar-refractivity contribution in [3.05, 3.63) is 70.9 Å². The number of thioether (sulfide) groups is 1. The number of rotatable bonds is 8. The molecule has 0 bridgehead atoms. The van der Waals surface area contributed by atoms with Crippen LogP contribution in [0.25, 0.3) is 0 Å². The minimum atomic E-state index is -1.11. The maximum absolute atomic E-state index is 13.9. The summed E-state index contributed by atoms with van der Waals surface area (Å²) in [7, 11) is 0. The molecule has 0 saturated heterocycles. The Morgan fingerprint density at radius 1 is 1.41 bits per heavy atom. The van der Waals surface area contributed by atoms with Crippen LogP contribution in [0.2, 0.25) is 0 Å². The highest BCUT2D eigenvalue weighted by Gasteiger charge is 2.49. The summed E-state index contributed by atoms with van der Waals surface area (Å²) >= 11 is 1.58. The first-order valence-electron chi connectivity index (χ1n) is 10.9. The lowest BCUT2D eigenvalue weighted by atomic mass is 9.92. The lowest BCUT2D eigenvalue weighted by molar-refractivity contribution is -0.126. The Morgan fingerprint density at radius 3 is 2.81 bits per heavy atom. The van der Waals surface area contributed by atoms with Gasteiger partial charge in [0, 0.05) is 12.2 Å². The molecule has 0 spiro atoms. The highest BCUT2D eigenvalue weighted by atomic mass is 32.2. The summed E-state index contributed by atoms with van der Waals surface area (Å²) in [5, 5.41) is 9.61. The molecular weight excluding hydrogens is 420 g/mol. The molecule has 7 heteroatoms. The minimum absolute atomic E-state index is 0.0774. The third kappa shape index (κ3) is 4.26. The van der Waals surface area contributed by atoms with E-state index in [9.17, 15) is 9.59 Å². The Labute approximate surface area is 194 Å². The van der Waals surface area contributed by atoms with Crippen LogP contribution in [-0.4, -0.2) is 33.7 Å². The van der Waals surface area contributed by atoms with E-state index in [-0.39, 0.29) is 23.6 Å². The average Bonchev–Trinajstić information content (AvgIpc) is 3.19. The van der Waals surface area contributed by atoms with Crippen molar-refractivity contribution >= 4 is 29.3 Å². The maximum Gasteiger partial charge on any atom is 0.277 e. The quantitative estimate of drug-likeness (QED) is 0.576.